The molecule has 0 amide bonds. The number of nitrogens with two attached hydrogens (primary N) is 1. The molecule has 0 unspecified atom stereocenters. The molecule has 0 bridgehead atoms. The summed E-state index contributed by atoms with van der Waals surface area (Å²) in [6.45, 7) is 0.861. The lowest BCUT2D eigenvalue weighted by Gasteiger charge is -2.33. The third-order valence-electron chi connectivity index (χ3n) is 4.00. The first-order chi connectivity index (χ1) is 9.06. The van der Waals surface area contributed by atoms with Gasteiger partial charge in [-0.15, -0.1) is 0 Å². The van der Waals surface area contributed by atoms with Gasteiger partial charge in [-0.25, -0.2) is 4.79 Å². The van der Waals surface area contributed by atoms with Gasteiger partial charge in [-0.2, -0.15) is 0 Å². The number of hydrogen-bond donors (Lipinski definition) is 2. The Bertz CT molecular complexity index is 422. The molecule has 1 aliphatic carbocycles. The van der Waals surface area contributed by atoms with Gasteiger partial charge in [0.15, 0.2) is 0 Å². The molecule has 3 N–H and O–H groups in total. The number of hydrogen-bond acceptors (Lipinski definition) is 3. The first-order valence-corrected chi connectivity index (χ1v) is 6.84. The van der Waals surface area contributed by atoms with Gasteiger partial charge < -0.3 is 10.8 Å². The van der Waals surface area contributed by atoms with Crippen molar-refractivity contribution in [1.29, 1.82) is 0 Å². The fraction of sp³-hybridized carbons (Fsp3) is 0.533. The fourth-order valence-corrected chi connectivity index (χ4v) is 2.71. The number of carboxylic acid groups (broad SMARTS) is 1. The molecule has 0 saturated heterocycles. The van der Waals surface area contributed by atoms with Gasteiger partial charge in [0.05, 0.1) is 5.56 Å². The highest BCUT2D eigenvalue weighted by molar-refractivity contribution is 5.87. The van der Waals surface area contributed by atoms with E-state index in [1.807, 2.05) is 12.1 Å². The first kappa shape index (κ1) is 14.0. The number of rotatable bonds is 4. The SMILES string of the molecule is CN(Cc1ccc(C(=O)O)cc1)C1CCC(N)CC1. The number of aromatic carboxylic acids is 1. The third kappa shape index (κ3) is 3.78. The van der Waals surface area contributed by atoms with Crippen LogP contribution < -0.4 is 5.73 Å². The average Bonchev–Trinajstić information content (AvgIpc) is 2.40. The predicted molar refractivity (Wildman–Crippen MR) is 75.1 cm³/mol. The van der Waals surface area contributed by atoms with E-state index in [4.69, 9.17) is 10.8 Å². The van der Waals surface area contributed by atoms with Crippen molar-refractivity contribution in [3.63, 3.8) is 0 Å². The van der Waals surface area contributed by atoms with Gasteiger partial charge in [0, 0.05) is 18.6 Å². The van der Waals surface area contributed by atoms with E-state index in [9.17, 15) is 4.79 Å². The summed E-state index contributed by atoms with van der Waals surface area (Å²) in [5.41, 5.74) is 7.42. The van der Waals surface area contributed by atoms with Crippen LogP contribution in [0.15, 0.2) is 24.3 Å². The molecule has 0 aliphatic heterocycles. The Kier molecular flexibility index (Phi) is 4.56. The average molecular weight is 262 g/mol. The van der Waals surface area contributed by atoms with E-state index in [2.05, 4.69) is 11.9 Å². The Balaban J connectivity index is 1.91. The first-order valence-electron chi connectivity index (χ1n) is 6.84. The predicted octanol–water partition coefficient (Wildman–Crippen LogP) is 2.09. The highest BCUT2D eigenvalue weighted by Crippen LogP contribution is 2.22. The van der Waals surface area contributed by atoms with E-state index in [1.54, 1.807) is 12.1 Å². The number of carboxylic acids is 1. The maximum absolute atomic E-state index is 10.8. The van der Waals surface area contributed by atoms with Crippen molar-refractivity contribution in [3.8, 4) is 0 Å². The molecule has 1 aromatic carbocycles. The van der Waals surface area contributed by atoms with Gasteiger partial charge in [0.1, 0.15) is 0 Å². The largest absolute Gasteiger partial charge is 0.478 e. The molecule has 4 heteroatoms. The zero-order chi connectivity index (χ0) is 13.8. The molecular weight excluding hydrogens is 240 g/mol. The molecular formula is C15H22N2O2. The van der Waals surface area contributed by atoms with E-state index >= 15 is 0 Å². The van der Waals surface area contributed by atoms with Crippen LogP contribution in [0.1, 0.15) is 41.6 Å². The van der Waals surface area contributed by atoms with E-state index in [1.165, 1.54) is 0 Å². The summed E-state index contributed by atoms with van der Waals surface area (Å²) in [7, 11) is 2.13. The summed E-state index contributed by atoms with van der Waals surface area (Å²) in [5.74, 6) is -0.874. The normalized spacial score (nSPS) is 23.5. The second kappa shape index (κ2) is 6.17. The summed E-state index contributed by atoms with van der Waals surface area (Å²) in [6, 6.07) is 8.10. The van der Waals surface area contributed by atoms with Crippen LogP contribution in [-0.2, 0) is 6.54 Å². The lowest BCUT2D eigenvalue weighted by atomic mass is 9.91. The van der Waals surface area contributed by atoms with Gasteiger partial charge in [0.25, 0.3) is 0 Å². The summed E-state index contributed by atoms with van der Waals surface area (Å²) < 4.78 is 0. The zero-order valence-corrected chi connectivity index (χ0v) is 11.4. The summed E-state index contributed by atoms with van der Waals surface area (Å²) in [6.07, 6.45) is 4.52. The van der Waals surface area contributed by atoms with Crippen molar-refractivity contribution in [3.05, 3.63) is 35.4 Å². The van der Waals surface area contributed by atoms with Crippen molar-refractivity contribution in [2.24, 2.45) is 5.73 Å². The molecule has 19 heavy (non-hydrogen) atoms. The van der Waals surface area contributed by atoms with Crippen LogP contribution in [0.3, 0.4) is 0 Å². The molecule has 1 fully saturated rings. The minimum Gasteiger partial charge on any atom is -0.478 e. The standard InChI is InChI=1S/C15H22N2O2/c1-17(14-8-6-13(16)7-9-14)10-11-2-4-12(5-3-11)15(18)19/h2-5,13-14H,6-10,16H2,1H3,(H,18,19). The molecule has 104 valence electrons. The quantitative estimate of drug-likeness (QED) is 0.872. The minimum absolute atomic E-state index is 0.343. The second-order valence-electron chi connectivity index (χ2n) is 5.49. The van der Waals surface area contributed by atoms with Gasteiger partial charge in [-0.05, 0) is 50.4 Å². The van der Waals surface area contributed by atoms with Gasteiger partial charge in [0.2, 0.25) is 0 Å². The maximum Gasteiger partial charge on any atom is 0.335 e. The molecule has 0 atom stereocenters. The van der Waals surface area contributed by atoms with Gasteiger partial charge >= 0.3 is 5.97 Å². The Morgan fingerprint density at radius 2 is 1.84 bits per heavy atom. The Labute approximate surface area is 114 Å². The van der Waals surface area contributed by atoms with Crippen LogP contribution in [0.2, 0.25) is 0 Å². The van der Waals surface area contributed by atoms with Crippen LogP contribution in [-0.4, -0.2) is 35.1 Å². The minimum atomic E-state index is -0.874. The molecule has 1 aliphatic rings. The van der Waals surface area contributed by atoms with Crippen LogP contribution in [0.5, 0.6) is 0 Å². The molecule has 0 aromatic heterocycles. The summed E-state index contributed by atoms with van der Waals surface area (Å²) in [5, 5.41) is 8.86. The zero-order valence-electron chi connectivity index (χ0n) is 11.4. The van der Waals surface area contributed by atoms with Crippen molar-refractivity contribution in [2.75, 3.05) is 7.05 Å². The highest BCUT2D eigenvalue weighted by atomic mass is 16.4. The molecule has 0 heterocycles. The molecule has 0 spiro atoms. The summed E-state index contributed by atoms with van der Waals surface area (Å²) in [4.78, 5) is 13.1. The highest BCUT2D eigenvalue weighted by Gasteiger charge is 2.21. The molecule has 4 nitrogen and oxygen atoms in total. The Morgan fingerprint density at radius 3 is 2.37 bits per heavy atom. The van der Waals surface area contributed by atoms with Crippen molar-refractivity contribution >= 4 is 5.97 Å². The van der Waals surface area contributed by atoms with Crippen LogP contribution in [0.4, 0.5) is 0 Å². The number of carbonyl (C=O) groups is 1. The van der Waals surface area contributed by atoms with Gasteiger partial charge in [-0.1, -0.05) is 12.1 Å². The fourth-order valence-electron chi connectivity index (χ4n) is 2.71. The van der Waals surface area contributed by atoms with E-state index < -0.39 is 5.97 Å². The van der Waals surface area contributed by atoms with Crippen LogP contribution >= 0.6 is 0 Å². The molecule has 1 aromatic rings. The second-order valence-corrected chi connectivity index (χ2v) is 5.49. The third-order valence-corrected chi connectivity index (χ3v) is 4.00. The molecule has 0 radical (unpaired) electrons. The van der Waals surface area contributed by atoms with Crippen molar-refractivity contribution in [2.45, 2.75) is 44.3 Å². The van der Waals surface area contributed by atoms with E-state index in [0.29, 0.717) is 17.6 Å². The Morgan fingerprint density at radius 1 is 1.26 bits per heavy atom. The smallest absolute Gasteiger partial charge is 0.335 e. The Hall–Kier alpha value is -1.39. The van der Waals surface area contributed by atoms with Crippen molar-refractivity contribution < 1.29 is 9.90 Å². The van der Waals surface area contributed by atoms with E-state index in [-0.39, 0.29) is 0 Å². The van der Waals surface area contributed by atoms with Crippen LogP contribution in [0.25, 0.3) is 0 Å². The lowest BCUT2D eigenvalue weighted by Crippen LogP contribution is -2.38. The number of benzene rings is 1. The van der Waals surface area contributed by atoms with Gasteiger partial charge in [-0.3, -0.25) is 4.90 Å². The monoisotopic (exact) mass is 262 g/mol. The van der Waals surface area contributed by atoms with Crippen LogP contribution in [0, 0.1) is 0 Å². The molecule has 2 rings (SSSR count). The topological polar surface area (TPSA) is 66.6 Å². The lowest BCUT2D eigenvalue weighted by molar-refractivity contribution is 0.0697. The number of nitrogens with zero attached hydrogens (tertiary/aromatic N) is 1. The van der Waals surface area contributed by atoms with E-state index in [0.717, 1.165) is 37.8 Å². The maximum atomic E-state index is 10.8. The van der Waals surface area contributed by atoms with Crippen molar-refractivity contribution in [1.82, 2.24) is 4.90 Å². The summed E-state index contributed by atoms with van der Waals surface area (Å²) >= 11 is 0. The molecule has 1 saturated carbocycles.